The van der Waals surface area contributed by atoms with E-state index in [0.29, 0.717) is 17.9 Å². The third-order valence-electron chi connectivity index (χ3n) is 5.01. The first-order valence-corrected chi connectivity index (χ1v) is 9.36. The summed E-state index contributed by atoms with van der Waals surface area (Å²) in [6.45, 7) is 3.82. The minimum Gasteiger partial charge on any atom is -0.444 e. The van der Waals surface area contributed by atoms with Crippen LogP contribution in [0.2, 0.25) is 0 Å². The van der Waals surface area contributed by atoms with Crippen LogP contribution in [0.3, 0.4) is 0 Å². The fraction of sp³-hybridized carbons (Fsp3) is 0.273. The Bertz CT molecular complexity index is 882. The van der Waals surface area contributed by atoms with Crippen molar-refractivity contribution in [1.82, 2.24) is 15.2 Å². The van der Waals surface area contributed by atoms with Gasteiger partial charge < -0.3 is 9.73 Å². The van der Waals surface area contributed by atoms with Gasteiger partial charge in [0.2, 0.25) is 0 Å². The summed E-state index contributed by atoms with van der Waals surface area (Å²) in [4.78, 5) is 18.9. The average molecular weight is 361 g/mol. The van der Waals surface area contributed by atoms with Gasteiger partial charge in [0, 0.05) is 24.2 Å². The molecule has 0 aliphatic carbocycles. The van der Waals surface area contributed by atoms with Crippen molar-refractivity contribution in [3.8, 4) is 11.3 Å². The molecule has 4 rings (SSSR count). The lowest BCUT2D eigenvalue weighted by atomic mass is 10.1. The number of hydrogen-bond acceptors (Lipinski definition) is 4. The average Bonchev–Trinajstić information content (AvgIpc) is 3.41. The molecule has 1 N–H and O–H groups in total. The molecule has 1 fully saturated rings. The third-order valence-corrected chi connectivity index (χ3v) is 5.01. The van der Waals surface area contributed by atoms with Gasteiger partial charge in [-0.1, -0.05) is 36.4 Å². The number of benzene rings is 2. The smallest absolute Gasteiger partial charge is 0.251 e. The molecule has 5 heteroatoms. The van der Waals surface area contributed by atoms with Crippen LogP contribution in [0.1, 0.15) is 34.3 Å². The number of carbonyl (C=O) groups is 1. The van der Waals surface area contributed by atoms with Crippen LogP contribution in [0.25, 0.3) is 11.3 Å². The van der Waals surface area contributed by atoms with Gasteiger partial charge in [0.1, 0.15) is 0 Å². The van der Waals surface area contributed by atoms with Crippen molar-refractivity contribution in [2.75, 3.05) is 13.1 Å². The van der Waals surface area contributed by atoms with Crippen molar-refractivity contribution in [3.63, 3.8) is 0 Å². The standard InChI is InChI=1S/C22H23N3O2/c26-22(18-9-7-17(8-10-18)21-14-23-16-27-21)24-13-19-5-1-2-6-20(19)15-25-11-3-4-12-25/h1-2,5-10,14,16H,3-4,11-13,15H2,(H,24,26). The topological polar surface area (TPSA) is 58.4 Å². The molecule has 0 atom stereocenters. The summed E-state index contributed by atoms with van der Waals surface area (Å²) in [6.07, 6.45) is 5.62. The predicted molar refractivity (Wildman–Crippen MR) is 104 cm³/mol. The van der Waals surface area contributed by atoms with Crippen LogP contribution in [0.5, 0.6) is 0 Å². The van der Waals surface area contributed by atoms with Gasteiger partial charge in [0.05, 0.1) is 6.20 Å². The Morgan fingerprint density at radius 2 is 1.78 bits per heavy atom. The molecule has 1 amide bonds. The molecule has 0 saturated carbocycles. The van der Waals surface area contributed by atoms with Crippen LogP contribution in [0.4, 0.5) is 0 Å². The maximum Gasteiger partial charge on any atom is 0.251 e. The zero-order valence-electron chi connectivity index (χ0n) is 15.2. The summed E-state index contributed by atoms with van der Waals surface area (Å²) in [7, 11) is 0. The van der Waals surface area contributed by atoms with E-state index >= 15 is 0 Å². The van der Waals surface area contributed by atoms with E-state index in [1.54, 1.807) is 6.20 Å². The highest BCUT2D eigenvalue weighted by Crippen LogP contribution is 2.19. The second-order valence-corrected chi connectivity index (χ2v) is 6.88. The van der Waals surface area contributed by atoms with Crippen LogP contribution in [-0.4, -0.2) is 28.9 Å². The molecule has 1 aliphatic rings. The lowest BCUT2D eigenvalue weighted by Gasteiger charge is -2.17. The number of oxazole rings is 1. The van der Waals surface area contributed by atoms with Crippen molar-refractivity contribution in [3.05, 3.63) is 77.8 Å². The van der Waals surface area contributed by atoms with E-state index in [9.17, 15) is 4.79 Å². The Morgan fingerprint density at radius 1 is 1.04 bits per heavy atom. The van der Waals surface area contributed by atoms with Crippen molar-refractivity contribution in [1.29, 1.82) is 0 Å². The van der Waals surface area contributed by atoms with Gasteiger partial charge >= 0.3 is 0 Å². The molecule has 0 bridgehead atoms. The van der Waals surface area contributed by atoms with Gasteiger partial charge in [-0.3, -0.25) is 9.69 Å². The number of aromatic nitrogens is 1. The minimum absolute atomic E-state index is 0.0740. The van der Waals surface area contributed by atoms with Gasteiger partial charge in [-0.15, -0.1) is 0 Å². The Labute approximate surface area is 159 Å². The van der Waals surface area contributed by atoms with Crippen molar-refractivity contribution in [2.45, 2.75) is 25.9 Å². The lowest BCUT2D eigenvalue weighted by Crippen LogP contribution is -2.25. The fourth-order valence-corrected chi connectivity index (χ4v) is 3.49. The van der Waals surface area contributed by atoms with Gasteiger partial charge in [-0.25, -0.2) is 4.98 Å². The quantitative estimate of drug-likeness (QED) is 0.724. The molecule has 1 aliphatic heterocycles. The Kier molecular flexibility index (Phi) is 5.30. The van der Waals surface area contributed by atoms with E-state index < -0.39 is 0 Å². The first-order chi connectivity index (χ1) is 13.3. The molecule has 2 heterocycles. The highest BCUT2D eigenvalue weighted by molar-refractivity contribution is 5.94. The first kappa shape index (κ1) is 17.5. The molecule has 0 spiro atoms. The van der Waals surface area contributed by atoms with Crippen LogP contribution >= 0.6 is 0 Å². The summed E-state index contributed by atoms with van der Waals surface area (Å²) in [5.74, 6) is 0.618. The number of likely N-dealkylation sites (tertiary alicyclic amines) is 1. The maximum absolute atomic E-state index is 12.5. The Morgan fingerprint density at radius 3 is 2.48 bits per heavy atom. The number of nitrogens with one attached hydrogen (secondary N) is 1. The van der Waals surface area contributed by atoms with Crippen LogP contribution < -0.4 is 5.32 Å². The second-order valence-electron chi connectivity index (χ2n) is 6.88. The summed E-state index contributed by atoms with van der Waals surface area (Å²) >= 11 is 0. The predicted octanol–water partition coefficient (Wildman–Crippen LogP) is 3.87. The highest BCUT2D eigenvalue weighted by atomic mass is 16.3. The number of nitrogens with zero attached hydrogens (tertiary/aromatic N) is 2. The zero-order chi connectivity index (χ0) is 18.5. The van der Waals surface area contributed by atoms with Gasteiger partial charge in [0.25, 0.3) is 5.91 Å². The maximum atomic E-state index is 12.5. The molecule has 138 valence electrons. The number of hydrogen-bond donors (Lipinski definition) is 1. The van der Waals surface area contributed by atoms with Crippen LogP contribution in [-0.2, 0) is 13.1 Å². The van der Waals surface area contributed by atoms with E-state index in [-0.39, 0.29) is 5.91 Å². The molecular formula is C22H23N3O2. The zero-order valence-corrected chi connectivity index (χ0v) is 15.2. The van der Waals surface area contributed by atoms with Gasteiger partial charge in [0.15, 0.2) is 12.2 Å². The first-order valence-electron chi connectivity index (χ1n) is 9.36. The normalized spacial score (nSPS) is 14.4. The highest BCUT2D eigenvalue weighted by Gasteiger charge is 2.14. The number of carbonyl (C=O) groups excluding carboxylic acids is 1. The van der Waals surface area contributed by atoms with Crippen molar-refractivity contribution >= 4 is 5.91 Å². The van der Waals surface area contributed by atoms with E-state index in [1.165, 1.54) is 30.4 Å². The lowest BCUT2D eigenvalue weighted by molar-refractivity contribution is 0.0951. The SMILES string of the molecule is O=C(NCc1ccccc1CN1CCCC1)c1ccc(-c2cnco2)cc1. The molecular weight excluding hydrogens is 338 g/mol. The molecule has 1 aromatic heterocycles. The summed E-state index contributed by atoms with van der Waals surface area (Å²) in [5, 5.41) is 3.04. The number of rotatable bonds is 6. The summed E-state index contributed by atoms with van der Waals surface area (Å²) < 4.78 is 5.28. The molecule has 0 unspecified atom stereocenters. The Balaban J connectivity index is 1.39. The van der Waals surface area contributed by atoms with E-state index in [1.807, 2.05) is 30.3 Å². The molecule has 5 nitrogen and oxygen atoms in total. The second kappa shape index (κ2) is 8.18. The molecule has 3 aromatic rings. The largest absolute Gasteiger partial charge is 0.444 e. The van der Waals surface area contributed by atoms with Gasteiger partial charge in [-0.2, -0.15) is 0 Å². The summed E-state index contributed by atoms with van der Waals surface area (Å²) in [5.41, 5.74) is 4.01. The molecule has 0 radical (unpaired) electrons. The van der Waals surface area contributed by atoms with Crippen molar-refractivity contribution in [2.24, 2.45) is 0 Å². The fourth-order valence-electron chi connectivity index (χ4n) is 3.49. The van der Waals surface area contributed by atoms with E-state index in [2.05, 4.69) is 33.4 Å². The summed E-state index contributed by atoms with van der Waals surface area (Å²) in [6, 6.07) is 15.7. The Hall–Kier alpha value is -2.92. The monoisotopic (exact) mass is 361 g/mol. The molecule has 2 aromatic carbocycles. The van der Waals surface area contributed by atoms with Crippen LogP contribution in [0, 0.1) is 0 Å². The van der Waals surface area contributed by atoms with Crippen LogP contribution in [0.15, 0.2) is 65.5 Å². The van der Waals surface area contributed by atoms with E-state index in [0.717, 1.165) is 25.2 Å². The molecule has 27 heavy (non-hydrogen) atoms. The third kappa shape index (κ3) is 4.26. The minimum atomic E-state index is -0.0740. The van der Waals surface area contributed by atoms with Crippen molar-refractivity contribution < 1.29 is 9.21 Å². The number of amides is 1. The van der Waals surface area contributed by atoms with E-state index in [4.69, 9.17) is 4.42 Å². The molecule has 1 saturated heterocycles. The van der Waals surface area contributed by atoms with Gasteiger partial charge in [-0.05, 0) is 49.2 Å².